The van der Waals surface area contributed by atoms with Crippen LogP contribution in [0.5, 0.6) is 0 Å². The minimum atomic E-state index is -0.262. The van der Waals surface area contributed by atoms with Crippen LogP contribution in [0, 0.1) is 5.92 Å². The molecule has 7 nitrogen and oxygen atoms in total. The number of alkyl halides is 1. The fraction of sp³-hybridized carbons (Fsp3) is 0.300. The predicted octanol–water partition coefficient (Wildman–Crippen LogP) is 5.34. The standard InChI is InChI=1S/C30H31ClN4O3/c31-19-28(36)35-25-12-6-9-24(25)29(37)34(26-10-4-5-11-27(26)35)20-22-13-15-23(16-14-22)33-30(38)32-18-17-21-7-2-1-3-8-21/h1-5,7-8,10-11,13-16,24-25H,6,9,12,17-20H2,(H2,32,33,38)/t24-,25+/m0/s1. The molecule has 8 heteroatoms. The third kappa shape index (κ3) is 5.53. The van der Waals surface area contributed by atoms with Gasteiger partial charge in [0.05, 0.1) is 23.8 Å². The van der Waals surface area contributed by atoms with Crippen molar-refractivity contribution in [2.45, 2.75) is 38.3 Å². The molecule has 1 aliphatic carbocycles. The van der Waals surface area contributed by atoms with E-state index >= 15 is 0 Å². The predicted molar refractivity (Wildman–Crippen MR) is 151 cm³/mol. The number of benzene rings is 3. The number of rotatable bonds is 7. The average Bonchev–Trinajstić information content (AvgIpc) is 3.39. The third-order valence-corrected chi connectivity index (χ3v) is 7.53. The summed E-state index contributed by atoms with van der Waals surface area (Å²) in [5.74, 6) is -0.525. The molecule has 3 aromatic rings. The molecule has 0 bridgehead atoms. The average molecular weight is 531 g/mol. The van der Waals surface area contributed by atoms with Crippen LogP contribution in [0.4, 0.5) is 21.9 Å². The third-order valence-electron chi connectivity index (χ3n) is 7.30. The van der Waals surface area contributed by atoms with Gasteiger partial charge in [-0.25, -0.2) is 4.79 Å². The zero-order chi connectivity index (χ0) is 26.5. The van der Waals surface area contributed by atoms with Crippen LogP contribution in [0.25, 0.3) is 0 Å². The number of carbonyl (C=O) groups is 3. The Morgan fingerprint density at radius 1 is 0.868 bits per heavy atom. The highest BCUT2D eigenvalue weighted by molar-refractivity contribution is 6.30. The second kappa shape index (κ2) is 11.7. The molecule has 1 saturated carbocycles. The molecule has 5 rings (SSSR count). The maximum atomic E-state index is 13.8. The van der Waals surface area contributed by atoms with Crippen molar-refractivity contribution >= 4 is 46.5 Å². The first kappa shape index (κ1) is 25.8. The molecule has 2 N–H and O–H groups in total. The number of carbonyl (C=O) groups excluding carboxylic acids is 3. The molecule has 196 valence electrons. The Morgan fingerprint density at radius 3 is 2.32 bits per heavy atom. The molecular weight excluding hydrogens is 500 g/mol. The number of fused-ring (bicyclic) bond motifs is 2. The molecule has 0 saturated heterocycles. The highest BCUT2D eigenvalue weighted by Crippen LogP contribution is 2.43. The highest BCUT2D eigenvalue weighted by Gasteiger charge is 2.45. The van der Waals surface area contributed by atoms with E-state index in [9.17, 15) is 14.4 Å². The number of hydrogen-bond acceptors (Lipinski definition) is 3. The second-order valence-corrected chi connectivity index (χ2v) is 10.00. The lowest BCUT2D eigenvalue weighted by Gasteiger charge is -2.30. The number of amides is 4. The fourth-order valence-corrected chi connectivity index (χ4v) is 5.62. The lowest BCUT2D eigenvalue weighted by Crippen LogP contribution is -2.45. The normalized spacial score (nSPS) is 18.4. The number of nitrogens with zero attached hydrogens (tertiary/aromatic N) is 2. The Bertz CT molecular complexity index is 1300. The van der Waals surface area contributed by atoms with Gasteiger partial charge in [0.25, 0.3) is 0 Å². The summed E-state index contributed by atoms with van der Waals surface area (Å²) in [6.07, 6.45) is 3.20. The Balaban J connectivity index is 1.28. The van der Waals surface area contributed by atoms with Crippen molar-refractivity contribution in [3.63, 3.8) is 0 Å². The first-order valence-electron chi connectivity index (χ1n) is 13.0. The molecule has 0 aromatic heterocycles. The zero-order valence-electron chi connectivity index (χ0n) is 21.1. The number of anilines is 3. The lowest BCUT2D eigenvalue weighted by atomic mass is 10.0. The van der Waals surface area contributed by atoms with Gasteiger partial charge in [-0.15, -0.1) is 11.6 Å². The molecular formula is C30H31ClN4O3. The van der Waals surface area contributed by atoms with Gasteiger partial charge >= 0.3 is 6.03 Å². The topological polar surface area (TPSA) is 81.8 Å². The summed E-state index contributed by atoms with van der Waals surface area (Å²) in [5, 5.41) is 5.74. The fourth-order valence-electron chi connectivity index (χ4n) is 5.49. The summed E-state index contributed by atoms with van der Waals surface area (Å²) in [6, 6.07) is 24.6. The number of para-hydroxylation sites is 2. The van der Waals surface area contributed by atoms with Crippen molar-refractivity contribution in [3.8, 4) is 0 Å². The van der Waals surface area contributed by atoms with Gasteiger partial charge in [0.2, 0.25) is 11.8 Å². The van der Waals surface area contributed by atoms with E-state index in [0.29, 0.717) is 24.5 Å². The minimum Gasteiger partial charge on any atom is -0.338 e. The molecule has 3 aromatic carbocycles. The van der Waals surface area contributed by atoms with Crippen LogP contribution in [0.2, 0.25) is 0 Å². The van der Waals surface area contributed by atoms with Crippen LogP contribution in [-0.4, -0.2) is 36.3 Å². The van der Waals surface area contributed by atoms with Crippen molar-refractivity contribution in [2.24, 2.45) is 5.92 Å². The number of nitrogens with one attached hydrogen (secondary N) is 2. The summed E-state index contributed by atoms with van der Waals surface area (Å²) in [7, 11) is 0. The molecule has 2 atom stereocenters. The van der Waals surface area contributed by atoms with E-state index in [1.54, 1.807) is 9.80 Å². The number of halogens is 1. The first-order chi connectivity index (χ1) is 18.5. The van der Waals surface area contributed by atoms with E-state index in [-0.39, 0.29) is 35.7 Å². The van der Waals surface area contributed by atoms with E-state index in [2.05, 4.69) is 10.6 Å². The number of hydrogen-bond donors (Lipinski definition) is 2. The van der Waals surface area contributed by atoms with Crippen LogP contribution in [-0.2, 0) is 22.6 Å². The minimum absolute atomic E-state index is 0.0322. The van der Waals surface area contributed by atoms with Crippen molar-refractivity contribution in [1.82, 2.24) is 5.32 Å². The summed E-state index contributed by atoms with van der Waals surface area (Å²) >= 11 is 5.98. The molecule has 0 radical (unpaired) electrons. The SMILES string of the molecule is O=C(NCCc1ccccc1)Nc1ccc(CN2C(=O)[C@H]3CCC[C@H]3N(C(=O)CCl)c3ccccc32)cc1. The molecule has 0 unspecified atom stereocenters. The highest BCUT2D eigenvalue weighted by atomic mass is 35.5. The molecule has 1 heterocycles. The van der Waals surface area contributed by atoms with Crippen molar-refractivity contribution < 1.29 is 14.4 Å². The largest absolute Gasteiger partial charge is 0.338 e. The molecule has 2 aliphatic rings. The Morgan fingerprint density at radius 2 is 1.58 bits per heavy atom. The van der Waals surface area contributed by atoms with Gasteiger partial charge in [-0.2, -0.15) is 0 Å². The van der Waals surface area contributed by atoms with E-state index in [1.165, 1.54) is 5.56 Å². The molecule has 4 amide bonds. The molecule has 0 spiro atoms. The Kier molecular flexibility index (Phi) is 7.94. The van der Waals surface area contributed by atoms with Crippen molar-refractivity contribution in [2.75, 3.05) is 27.5 Å². The first-order valence-corrected chi connectivity index (χ1v) is 13.5. The lowest BCUT2D eigenvalue weighted by molar-refractivity contribution is -0.122. The van der Waals surface area contributed by atoms with Gasteiger partial charge in [0.15, 0.2) is 0 Å². The van der Waals surface area contributed by atoms with Crippen LogP contribution < -0.4 is 20.4 Å². The van der Waals surface area contributed by atoms with Gasteiger partial charge in [0.1, 0.15) is 5.88 Å². The van der Waals surface area contributed by atoms with E-state index in [0.717, 1.165) is 36.9 Å². The Labute approximate surface area is 227 Å². The van der Waals surface area contributed by atoms with Crippen LogP contribution >= 0.6 is 11.6 Å². The van der Waals surface area contributed by atoms with Crippen LogP contribution in [0.15, 0.2) is 78.9 Å². The maximum absolute atomic E-state index is 13.8. The van der Waals surface area contributed by atoms with Crippen LogP contribution in [0.1, 0.15) is 30.4 Å². The summed E-state index contributed by atoms with van der Waals surface area (Å²) in [6.45, 7) is 0.904. The molecule has 1 aliphatic heterocycles. The van der Waals surface area contributed by atoms with Crippen molar-refractivity contribution in [1.29, 1.82) is 0 Å². The smallest absolute Gasteiger partial charge is 0.319 e. The summed E-state index contributed by atoms with van der Waals surface area (Å²) in [4.78, 5) is 42.5. The van der Waals surface area contributed by atoms with Crippen molar-refractivity contribution in [3.05, 3.63) is 90.0 Å². The van der Waals surface area contributed by atoms with E-state index in [4.69, 9.17) is 11.6 Å². The number of urea groups is 1. The van der Waals surface area contributed by atoms with Gasteiger partial charge in [-0.3, -0.25) is 9.59 Å². The molecule has 38 heavy (non-hydrogen) atoms. The van der Waals surface area contributed by atoms with E-state index in [1.807, 2.05) is 78.9 Å². The van der Waals surface area contributed by atoms with Gasteiger partial charge in [-0.1, -0.05) is 61.0 Å². The summed E-state index contributed by atoms with van der Waals surface area (Å²) in [5.41, 5.74) is 4.20. The van der Waals surface area contributed by atoms with E-state index < -0.39 is 0 Å². The van der Waals surface area contributed by atoms with Gasteiger partial charge in [-0.05, 0) is 54.7 Å². The van der Waals surface area contributed by atoms with Crippen LogP contribution in [0.3, 0.4) is 0 Å². The van der Waals surface area contributed by atoms with Gasteiger partial charge in [0, 0.05) is 18.3 Å². The summed E-state index contributed by atoms with van der Waals surface area (Å²) < 4.78 is 0. The zero-order valence-corrected chi connectivity index (χ0v) is 21.9. The Hall–Kier alpha value is -3.84. The van der Waals surface area contributed by atoms with Gasteiger partial charge < -0.3 is 20.4 Å². The molecule has 1 fully saturated rings. The monoisotopic (exact) mass is 530 g/mol. The second-order valence-electron chi connectivity index (χ2n) is 9.73. The maximum Gasteiger partial charge on any atom is 0.319 e. The quantitative estimate of drug-likeness (QED) is 0.405.